The minimum atomic E-state index is -2.98. The van der Waals surface area contributed by atoms with E-state index in [1.54, 1.807) is 18.2 Å². The highest BCUT2D eigenvalue weighted by molar-refractivity contribution is 8.00. The second-order valence-corrected chi connectivity index (χ2v) is 7.31. The van der Waals surface area contributed by atoms with Crippen LogP contribution >= 0.6 is 23.4 Å². The van der Waals surface area contributed by atoms with Crippen molar-refractivity contribution in [1.82, 2.24) is 0 Å². The standard InChI is InChI=1S/C10H13ClN2O2S2/c1-17(14,15)6-5-16-8-4-2-3-7(11)9(8)10(12)13/h2-4H,5-6H2,1H3,(H3,12,13). The molecule has 0 aliphatic carbocycles. The van der Waals surface area contributed by atoms with Gasteiger partial charge in [0.15, 0.2) is 0 Å². The van der Waals surface area contributed by atoms with Gasteiger partial charge in [0.25, 0.3) is 0 Å². The Morgan fingerprint density at radius 2 is 2.18 bits per heavy atom. The van der Waals surface area contributed by atoms with Crippen LogP contribution in [0.4, 0.5) is 0 Å². The quantitative estimate of drug-likeness (QED) is 0.492. The topological polar surface area (TPSA) is 84.0 Å². The molecule has 1 rings (SSSR count). The molecule has 0 aliphatic heterocycles. The van der Waals surface area contributed by atoms with Crippen molar-refractivity contribution < 1.29 is 8.42 Å². The fourth-order valence-corrected chi connectivity index (χ4v) is 3.82. The van der Waals surface area contributed by atoms with Crippen molar-refractivity contribution in [2.24, 2.45) is 5.73 Å². The van der Waals surface area contributed by atoms with Crippen LogP contribution in [0.2, 0.25) is 5.02 Å². The normalized spacial score (nSPS) is 11.4. The van der Waals surface area contributed by atoms with Crippen molar-refractivity contribution in [3.8, 4) is 0 Å². The summed E-state index contributed by atoms with van der Waals surface area (Å²) in [6.45, 7) is 0. The van der Waals surface area contributed by atoms with Crippen LogP contribution in [0, 0.1) is 5.41 Å². The number of nitrogen functional groups attached to an aromatic ring is 1. The number of halogens is 1. The number of nitrogens with two attached hydrogens (primary N) is 1. The Morgan fingerprint density at radius 1 is 1.53 bits per heavy atom. The third kappa shape index (κ3) is 4.57. The number of thioether (sulfide) groups is 1. The van der Waals surface area contributed by atoms with E-state index in [0.29, 0.717) is 16.3 Å². The predicted octanol–water partition coefficient (Wildman–Crippen LogP) is 1.76. The molecule has 0 radical (unpaired) electrons. The highest BCUT2D eigenvalue weighted by Gasteiger charge is 2.11. The average molecular weight is 293 g/mol. The molecule has 0 amide bonds. The van der Waals surface area contributed by atoms with Gasteiger partial charge in [-0.15, -0.1) is 11.8 Å². The molecule has 94 valence electrons. The number of rotatable bonds is 5. The van der Waals surface area contributed by atoms with Crippen LogP contribution in [-0.4, -0.2) is 32.0 Å². The number of benzene rings is 1. The molecule has 17 heavy (non-hydrogen) atoms. The van der Waals surface area contributed by atoms with Crippen molar-refractivity contribution in [3.63, 3.8) is 0 Å². The van der Waals surface area contributed by atoms with Gasteiger partial charge < -0.3 is 5.73 Å². The van der Waals surface area contributed by atoms with Crippen LogP contribution in [-0.2, 0) is 9.84 Å². The van der Waals surface area contributed by atoms with Gasteiger partial charge in [-0.1, -0.05) is 17.7 Å². The Labute approximate surface area is 110 Å². The molecule has 3 N–H and O–H groups in total. The maximum Gasteiger partial charge on any atom is 0.148 e. The van der Waals surface area contributed by atoms with Gasteiger partial charge in [0.2, 0.25) is 0 Å². The second kappa shape index (κ2) is 5.75. The number of sulfone groups is 1. The van der Waals surface area contributed by atoms with Crippen LogP contribution in [0.25, 0.3) is 0 Å². The first-order valence-electron chi connectivity index (χ1n) is 4.74. The Bertz CT molecular complexity index is 529. The largest absolute Gasteiger partial charge is 0.384 e. The number of amidine groups is 1. The summed E-state index contributed by atoms with van der Waals surface area (Å²) in [5, 5.41) is 7.84. The van der Waals surface area contributed by atoms with E-state index < -0.39 is 9.84 Å². The maximum absolute atomic E-state index is 11.0. The van der Waals surface area contributed by atoms with Gasteiger partial charge >= 0.3 is 0 Å². The molecule has 4 nitrogen and oxygen atoms in total. The third-order valence-corrected chi connectivity index (χ3v) is 4.53. The van der Waals surface area contributed by atoms with Crippen molar-refractivity contribution in [2.45, 2.75) is 4.90 Å². The SMILES string of the molecule is CS(=O)(=O)CCSc1cccc(Cl)c1C(=N)N. The number of hydrogen-bond acceptors (Lipinski definition) is 4. The zero-order valence-electron chi connectivity index (χ0n) is 9.23. The van der Waals surface area contributed by atoms with E-state index >= 15 is 0 Å². The molecule has 1 aromatic carbocycles. The summed E-state index contributed by atoms with van der Waals surface area (Å²) >= 11 is 7.27. The summed E-state index contributed by atoms with van der Waals surface area (Å²) < 4.78 is 22.0. The first kappa shape index (κ1) is 14.3. The lowest BCUT2D eigenvalue weighted by Gasteiger charge is -2.09. The molecule has 1 aromatic rings. The molecule has 0 fully saturated rings. The Morgan fingerprint density at radius 3 is 2.71 bits per heavy atom. The fourth-order valence-electron chi connectivity index (χ4n) is 1.19. The minimum Gasteiger partial charge on any atom is -0.384 e. The van der Waals surface area contributed by atoms with E-state index in [1.165, 1.54) is 18.0 Å². The van der Waals surface area contributed by atoms with Gasteiger partial charge in [0.1, 0.15) is 15.7 Å². The van der Waals surface area contributed by atoms with E-state index in [0.717, 1.165) is 4.90 Å². The van der Waals surface area contributed by atoms with Crippen LogP contribution in [0.3, 0.4) is 0 Å². The fraction of sp³-hybridized carbons (Fsp3) is 0.300. The molecular weight excluding hydrogens is 280 g/mol. The van der Waals surface area contributed by atoms with Crippen molar-refractivity contribution >= 4 is 39.0 Å². The van der Waals surface area contributed by atoms with Gasteiger partial charge in [0.05, 0.1) is 10.8 Å². The summed E-state index contributed by atoms with van der Waals surface area (Å²) in [4.78, 5) is 0.730. The Kier molecular flexibility index (Phi) is 4.85. The summed E-state index contributed by atoms with van der Waals surface area (Å²) in [7, 11) is -2.98. The molecule has 0 spiro atoms. The Balaban J connectivity index is 2.85. The second-order valence-electron chi connectivity index (χ2n) is 3.50. The van der Waals surface area contributed by atoms with Crippen LogP contribution in [0.1, 0.15) is 5.56 Å². The molecule has 0 bridgehead atoms. The van der Waals surface area contributed by atoms with Crippen LogP contribution in [0.15, 0.2) is 23.1 Å². The van der Waals surface area contributed by atoms with Gasteiger partial charge in [-0.2, -0.15) is 0 Å². The minimum absolute atomic E-state index is 0.0848. The lowest BCUT2D eigenvalue weighted by molar-refractivity contribution is 0.603. The van der Waals surface area contributed by atoms with Gasteiger partial charge in [-0.3, -0.25) is 5.41 Å². The first-order chi connectivity index (χ1) is 7.81. The van der Waals surface area contributed by atoms with E-state index in [9.17, 15) is 8.42 Å². The predicted molar refractivity (Wildman–Crippen MR) is 72.9 cm³/mol. The summed E-state index contributed by atoms with van der Waals surface area (Å²) in [5.41, 5.74) is 5.91. The molecule has 0 aromatic heterocycles. The Hall–Kier alpha value is -0.720. The van der Waals surface area contributed by atoms with E-state index in [2.05, 4.69) is 0 Å². The van der Waals surface area contributed by atoms with Crippen LogP contribution < -0.4 is 5.73 Å². The smallest absolute Gasteiger partial charge is 0.148 e. The molecule has 0 aliphatic rings. The van der Waals surface area contributed by atoms with Crippen molar-refractivity contribution in [2.75, 3.05) is 17.8 Å². The molecular formula is C10H13ClN2O2S2. The average Bonchev–Trinajstić information content (AvgIpc) is 2.14. The molecule has 0 saturated heterocycles. The first-order valence-corrected chi connectivity index (χ1v) is 8.17. The van der Waals surface area contributed by atoms with Crippen molar-refractivity contribution in [3.05, 3.63) is 28.8 Å². The van der Waals surface area contributed by atoms with Crippen molar-refractivity contribution in [1.29, 1.82) is 5.41 Å². The lowest BCUT2D eigenvalue weighted by Crippen LogP contribution is -2.13. The third-order valence-electron chi connectivity index (χ3n) is 1.96. The molecule has 0 saturated carbocycles. The van der Waals surface area contributed by atoms with E-state index in [4.69, 9.17) is 22.7 Å². The monoisotopic (exact) mass is 292 g/mol. The summed E-state index contributed by atoms with van der Waals surface area (Å²) in [6.07, 6.45) is 1.19. The van der Waals surface area contributed by atoms with E-state index in [-0.39, 0.29) is 11.6 Å². The van der Waals surface area contributed by atoms with Gasteiger partial charge in [-0.05, 0) is 12.1 Å². The molecule has 0 heterocycles. The van der Waals surface area contributed by atoms with E-state index in [1.807, 2.05) is 0 Å². The van der Waals surface area contributed by atoms with Gasteiger partial charge in [0, 0.05) is 22.5 Å². The zero-order valence-corrected chi connectivity index (χ0v) is 11.6. The molecule has 0 unspecified atom stereocenters. The summed E-state index contributed by atoms with van der Waals surface area (Å²) in [6, 6.07) is 5.17. The highest BCUT2D eigenvalue weighted by Crippen LogP contribution is 2.28. The summed E-state index contributed by atoms with van der Waals surface area (Å²) in [5.74, 6) is 0.388. The van der Waals surface area contributed by atoms with Gasteiger partial charge in [-0.25, -0.2) is 8.42 Å². The number of nitrogens with one attached hydrogen (secondary N) is 1. The number of hydrogen-bond donors (Lipinski definition) is 2. The maximum atomic E-state index is 11.0. The zero-order chi connectivity index (χ0) is 13.1. The highest BCUT2D eigenvalue weighted by atomic mass is 35.5. The molecule has 0 atom stereocenters. The molecule has 7 heteroatoms. The lowest BCUT2D eigenvalue weighted by atomic mass is 10.2. The van der Waals surface area contributed by atoms with Crippen LogP contribution in [0.5, 0.6) is 0 Å².